The fourth-order valence-corrected chi connectivity index (χ4v) is 1.39. The number of carbonyl (C=O) groups excluding carboxylic acids is 1. The number of nitrogens with zero attached hydrogens (tertiary/aromatic N) is 1. The van der Waals surface area contributed by atoms with Crippen LogP contribution in [0.2, 0.25) is 0 Å². The molecule has 16 heavy (non-hydrogen) atoms. The maximum absolute atomic E-state index is 11.8. The van der Waals surface area contributed by atoms with Crippen molar-refractivity contribution in [2.45, 2.75) is 0 Å². The Bertz CT molecular complexity index is 554. The number of ether oxygens (including phenoxy) is 1. The van der Waals surface area contributed by atoms with Gasteiger partial charge in [0.05, 0.1) is 12.8 Å². The molecule has 2 aromatic rings. The molecule has 82 valence electrons. The molecule has 1 heterocycles. The highest BCUT2D eigenvalue weighted by atomic mass is 16.5. The van der Waals surface area contributed by atoms with Crippen LogP contribution >= 0.6 is 0 Å². The van der Waals surface area contributed by atoms with Crippen LogP contribution in [-0.4, -0.2) is 22.9 Å². The number of hydrogen-bond donors (Lipinski definition) is 1. The van der Waals surface area contributed by atoms with E-state index in [1.807, 2.05) is 6.07 Å². The van der Waals surface area contributed by atoms with Crippen LogP contribution in [0.3, 0.4) is 0 Å². The number of aromatic amines is 1. The van der Waals surface area contributed by atoms with Crippen molar-refractivity contribution in [2.75, 3.05) is 7.11 Å². The number of esters is 1. The van der Waals surface area contributed by atoms with Gasteiger partial charge >= 0.3 is 5.97 Å². The van der Waals surface area contributed by atoms with E-state index >= 15 is 0 Å². The van der Waals surface area contributed by atoms with Crippen molar-refractivity contribution in [1.82, 2.24) is 9.78 Å². The van der Waals surface area contributed by atoms with Crippen molar-refractivity contribution in [3.05, 3.63) is 52.4 Å². The van der Waals surface area contributed by atoms with Crippen molar-refractivity contribution in [3.8, 4) is 5.69 Å². The standard InChI is InChI=1S/C11H10N2O3/c1-16-11(15)9-7-12-13(10(9)14)8-5-3-2-4-6-8/h2-7,12H,1H3. The molecular formula is C11H10N2O3. The minimum atomic E-state index is -0.643. The van der Waals surface area contributed by atoms with Crippen LogP contribution in [-0.2, 0) is 4.74 Å². The van der Waals surface area contributed by atoms with Crippen LogP contribution in [0.1, 0.15) is 10.4 Å². The Labute approximate surface area is 91.3 Å². The number of H-pyrrole nitrogens is 1. The second-order valence-corrected chi connectivity index (χ2v) is 3.15. The second kappa shape index (κ2) is 4.06. The van der Waals surface area contributed by atoms with Crippen LogP contribution in [0.25, 0.3) is 5.69 Å². The molecule has 0 fully saturated rings. The Hall–Kier alpha value is -2.30. The van der Waals surface area contributed by atoms with E-state index < -0.39 is 11.5 Å². The van der Waals surface area contributed by atoms with Gasteiger partial charge in [-0.2, -0.15) is 0 Å². The summed E-state index contributed by atoms with van der Waals surface area (Å²) >= 11 is 0. The zero-order chi connectivity index (χ0) is 11.5. The Morgan fingerprint density at radius 1 is 1.31 bits per heavy atom. The highest BCUT2D eigenvalue weighted by molar-refractivity contribution is 5.88. The van der Waals surface area contributed by atoms with Crippen LogP contribution in [0.5, 0.6) is 0 Å². The third kappa shape index (κ3) is 1.63. The van der Waals surface area contributed by atoms with E-state index in [2.05, 4.69) is 9.84 Å². The normalized spacial score (nSPS) is 10.1. The number of methoxy groups -OCH3 is 1. The molecule has 0 saturated carbocycles. The average Bonchev–Trinajstić information content (AvgIpc) is 2.71. The molecule has 0 aliphatic rings. The molecule has 5 heteroatoms. The van der Waals surface area contributed by atoms with Crippen LogP contribution < -0.4 is 5.56 Å². The summed E-state index contributed by atoms with van der Waals surface area (Å²) in [6.07, 6.45) is 1.33. The van der Waals surface area contributed by atoms with Gasteiger partial charge < -0.3 is 4.74 Å². The van der Waals surface area contributed by atoms with Gasteiger partial charge in [0.25, 0.3) is 5.56 Å². The van der Waals surface area contributed by atoms with E-state index in [1.165, 1.54) is 18.0 Å². The van der Waals surface area contributed by atoms with Gasteiger partial charge in [-0.3, -0.25) is 9.89 Å². The molecule has 2 rings (SSSR count). The highest BCUT2D eigenvalue weighted by Gasteiger charge is 2.14. The first kappa shape index (κ1) is 10.2. The molecule has 0 aliphatic carbocycles. The average molecular weight is 218 g/mol. The zero-order valence-corrected chi connectivity index (χ0v) is 8.64. The number of rotatable bonds is 2. The van der Waals surface area contributed by atoms with Gasteiger partial charge in [-0.1, -0.05) is 18.2 Å². The minimum absolute atomic E-state index is 0.00801. The Balaban J connectivity index is 2.50. The smallest absolute Gasteiger partial charge is 0.345 e. The molecule has 0 bridgehead atoms. The Morgan fingerprint density at radius 3 is 2.62 bits per heavy atom. The predicted molar refractivity (Wildman–Crippen MR) is 57.7 cm³/mol. The molecule has 1 aromatic heterocycles. The Kier molecular flexibility index (Phi) is 2.59. The number of nitrogens with one attached hydrogen (secondary N) is 1. The van der Waals surface area contributed by atoms with Crippen LogP contribution in [0, 0.1) is 0 Å². The molecule has 0 saturated heterocycles. The van der Waals surface area contributed by atoms with Crippen LogP contribution in [0.15, 0.2) is 41.3 Å². The SMILES string of the molecule is COC(=O)c1c[nH]n(-c2ccccc2)c1=O. The number of aromatic nitrogens is 2. The first-order chi connectivity index (χ1) is 7.74. The van der Waals surface area contributed by atoms with Crippen molar-refractivity contribution in [2.24, 2.45) is 0 Å². The summed E-state index contributed by atoms with van der Waals surface area (Å²) in [5, 5.41) is 2.71. The molecule has 0 unspecified atom stereocenters. The van der Waals surface area contributed by atoms with Gasteiger partial charge in [0.15, 0.2) is 0 Å². The van der Waals surface area contributed by atoms with Gasteiger partial charge in [-0.25, -0.2) is 9.48 Å². The number of carbonyl (C=O) groups is 1. The molecule has 0 aliphatic heterocycles. The quantitative estimate of drug-likeness (QED) is 0.763. The molecule has 1 N–H and O–H groups in total. The topological polar surface area (TPSA) is 64.1 Å². The zero-order valence-electron chi connectivity index (χ0n) is 8.64. The van der Waals surface area contributed by atoms with E-state index in [0.29, 0.717) is 5.69 Å². The first-order valence-corrected chi connectivity index (χ1v) is 4.68. The third-order valence-corrected chi connectivity index (χ3v) is 2.19. The van der Waals surface area contributed by atoms with Crippen molar-refractivity contribution < 1.29 is 9.53 Å². The Morgan fingerprint density at radius 2 is 2.00 bits per heavy atom. The third-order valence-electron chi connectivity index (χ3n) is 2.19. The summed E-state index contributed by atoms with van der Waals surface area (Å²) in [6.45, 7) is 0. The van der Waals surface area contributed by atoms with Crippen molar-refractivity contribution in [1.29, 1.82) is 0 Å². The first-order valence-electron chi connectivity index (χ1n) is 4.68. The molecule has 0 amide bonds. The number of para-hydroxylation sites is 1. The van der Waals surface area contributed by atoms with Gasteiger partial charge in [0, 0.05) is 6.20 Å². The summed E-state index contributed by atoms with van der Waals surface area (Å²) in [7, 11) is 1.24. The maximum atomic E-state index is 11.8. The molecule has 0 spiro atoms. The lowest BCUT2D eigenvalue weighted by molar-refractivity contribution is 0.0599. The van der Waals surface area contributed by atoms with E-state index in [-0.39, 0.29) is 5.56 Å². The lowest BCUT2D eigenvalue weighted by Crippen LogP contribution is -2.20. The largest absolute Gasteiger partial charge is 0.465 e. The number of hydrogen-bond acceptors (Lipinski definition) is 3. The maximum Gasteiger partial charge on any atom is 0.345 e. The summed E-state index contributed by atoms with van der Waals surface area (Å²) in [6, 6.07) is 8.98. The van der Waals surface area contributed by atoms with E-state index in [0.717, 1.165) is 0 Å². The van der Waals surface area contributed by atoms with E-state index in [9.17, 15) is 9.59 Å². The minimum Gasteiger partial charge on any atom is -0.465 e. The molecular weight excluding hydrogens is 208 g/mol. The lowest BCUT2D eigenvalue weighted by Gasteiger charge is -1.99. The molecule has 0 radical (unpaired) electrons. The van der Waals surface area contributed by atoms with Gasteiger partial charge in [-0.15, -0.1) is 0 Å². The summed E-state index contributed by atoms with van der Waals surface area (Å²) in [4.78, 5) is 23.0. The van der Waals surface area contributed by atoms with Gasteiger partial charge in [0.2, 0.25) is 0 Å². The van der Waals surface area contributed by atoms with Gasteiger partial charge in [0.1, 0.15) is 5.56 Å². The monoisotopic (exact) mass is 218 g/mol. The molecule has 1 aromatic carbocycles. The summed E-state index contributed by atoms with van der Waals surface area (Å²) in [5.74, 6) is -0.643. The lowest BCUT2D eigenvalue weighted by atomic mass is 10.3. The molecule has 5 nitrogen and oxygen atoms in total. The molecule has 0 atom stereocenters. The predicted octanol–water partition coefficient (Wildman–Crippen LogP) is 0.952. The fraction of sp³-hybridized carbons (Fsp3) is 0.0909. The number of benzene rings is 1. The fourth-order valence-electron chi connectivity index (χ4n) is 1.39. The van der Waals surface area contributed by atoms with E-state index in [4.69, 9.17) is 0 Å². The van der Waals surface area contributed by atoms with Crippen molar-refractivity contribution in [3.63, 3.8) is 0 Å². The van der Waals surface area contributed by atoms with Gasteiger partial charge in [-0.05, 0) is 12.1 Å². The van der Waals surface area contributed by atoms with Crippen LogP contribution in [0.4, 0.5) is 0 Å². The van der Waals surface area contributed by atoms with Crippen molar-refractivity contribution >= 4 is 5.97 Å². The highest BCUT2D eigenvalue weighted by Crippen LogP contribution is 2.03. The van der Waals surface area contributed by atoms with E-state index in [1.54, 1.807) is 24.3 Å². The second-order valence-electron chi connectivity index (χ2n) is 3.15. The summed E-state index contributed by atoms with van der Waals surface area (Å²) < 4.78 is 5.78. The summed E-state index contributed by atoms with van der Waals surface area (Å²) in [5.41, 5.74) is 0.243.